The van der Waals surface area contributed by atoms with Crippen LogP contribution in [0.3, 0.4) is 0 Å². The third-order valence-electron chi connectivity index (χ3n) is 2.91. The molecule has 17 heavy (non-hydrogen) atoms. The van der Waals surface area contributed by atoms with E-state index >= 15 is 0 Å². The van der Waals surface area contributed by atoms with Gasteiger partial charge < -0.3 is 10.3 Å². The first kappa shape index (κ1) is 11.9. The van der Waals surface area contributed by atoms with E-state index in [1.54, 1.807) is 6.20 Å². The molecule has 0 aliphatic rings. The molecular formula is C12H19N5. The number of aryl methyl sites for hydroxylation is 2. The van der Waals surface area contributed by atoms with E-state index in [1.165, 1.54) is 5.69 Å². The van der Waals surface area contributed by atoms with Gasteiger partial charge in [-0.1, -0.05) is 6.92 Å². The maximum absolute atomic E-state index is 4.32. The molecule has 2 heterocycles. The van der Waals surface area contributed by atoms with Crippen LogP contribution in [-0.2, 0) is 13.5 Å². The SMILES string of the molecule is CCNC(CCc1ccnn1C)c1ncc[nH]1. The topological polar surface area (TPSA) is 58.5 Å². The molecule has 1 atom stereocenters. The molecule has 5 heteroatoms. The number of imidazole rings is 1. The normalized spacial score (nSPS) is 12.8. The molecule has 92 valence electrons. The Hall–Kier alpha value is -1.62. The van der Waals surface area contributed by atoms with Crippen LogP contribution in [0.2, 0.25) is 0 Å². The Balaban J connectivity index is 1.97. The van der Waals surface area contributed by atoms with Gasteiger partial charge in [0, 0.05) is 31.3 Å². The zero-order chi connectivity index (χ0) is 12.1. The van der Waals surface area contributed by atoms with Crippen LogP contribution in [0.25, 0.3) is 0 Å². The number of rotatable bonds is 6. The smallest absolute Gasteiger partial charge is 0.123 e. The second kappa shape index (κ2) is 5.63. The highest BCUT2D eigenvalue weighted by atomic mass is 15.2. The average Bonchev–Trinajstić information content (AvgIpc) is 2.96. The quantitative estimate of drug-likeness (QED) is 0.793. The molecule has 0 amide bonds. The molecule has 0 saturated heterocycles. The van der Waals surface area contributed by atoms with Gasteiger partial charge in [0.25, 0.3) is 0 Å². The van der Waals surface area contributed by atoms with Crippen molar-refractivity contribution in [2.75, 3.05) is 6.54 Å². The lowest BCUT2D eigenvalue weighted by Crippen LogP contribution is -2.22. The van der Waals surface area contributed by atoms with Crippen molar-refractivity contribution in [3.05, 3.63) is 36.2 Å². The molecular weight excluding hydrogens is 214 g/mol. The lowest BCUT2D eigenvalue weighted by molar-refractivity contribution is 0.486. The first-order valence-corrected chi connectivity index (χ1v) is 6.00. The summed E-state index contributed by atoms with van der Waals surface area (Å²) in [5.41, 5.74) is 1.25. The molecule has 0 saturated carbocycles. The van der Waals surface area contributed by atoms with Crippen molar-refractivity contribution in [3.8, 4) is 0 Å². The van der Waals surface area contributed by atoms with Crippen LogP contribution in [0.4, 0.5) is 0 Å². The van der Waals surface area contributed by atoms with Crippen LogP contribution in [0.5, 0.6) is 0 Å². The predicted molar refractivity (Wildman–Crippen MR) is 66.5 cm³/mol. The Kier molecular flexibility index (Phi) is 3.93. The molecule has 2 aromatic heterocycles. The summed E-state index contributed by atoms with van der Waals surface area (Å²) < 4.78 is 1.92. The number of hydrogen-bond acceptors (Lipinski definition) is 3. The average molecular weight is 233 g/mol. The molecule has 0 radical (unpaired) electrons. The van der Waals surface area contributed by atoms with E-state index in [2.05, 4.69) is 33.4 Å². The summed E-state index contributed by atoms with van der Waals surface area (Å²) >= 11 is 0. The summed E-state index contributed by atoms with van der Waals surface area (Å²) in [7, 11) is 1.98. The van der Waals surface area contributed by atoms with Crippen molar-refractivity contribution >= 4 is 0 Å². The van der Waals surface area contributed by atoms with Gasteiger partial charge in [-0.05, 0) is 25.5 Å². The van der Waals surface area contributed by atoms with E-state index in [-0.39, 0.29) is 6.04 Å². The first-order chi connectivity index (χ1) is 8.31. The highest BCUT2D eigenvalue weighted by Crippen LogP contribution is 2.15. The number of nitrogens with zero attached hydrogens (tertiary/aromatic N) is 3. The summed E-state index contributed by atoms with van der Waals surface area (Å²) in [6.45, 7) is 3.05. The number of aromatic nitrogens is 4. The lowest BCUT2D eigenvalue weighted by Gasteiger charge is -2.15. The zero-order valence-electron chi connectivity index (χ0n) is 10.3. The third-order valence-corrected chi connectivity index (χ3v) is 2.91. The van der Waals surface area contributed by atoms with Crippen molar-refractivity contribution in [2.24, 2.45) is 7.05 Å². The molecule has 5 nitrogen and oxygen atoms in total. The van der Waals surface area contributed by atoms with Crippen LogP contribution in [-0.4, -0.2) is 26.3 Å². The first-order valence-electron chi connectivity index (χ1n) is 6.00. The van der Waals surface area contributed by atoms with Gasteiger partial charge in [-0.15, -0.1) is 0 Å². The number of aromatic amines is 1. The van der Waals surface area contributed by atoms with Gasteiger partial charge in [-0.3, -0.25) is 4.68 Å². The molecule has 0 spiro atoms. The molecule has 2 aromatic rings. The maximum Gasteiger partial charge on any atom is 0.123 e. The largest absolute Gasteiger partial charge is 0.347 e. The Morgan fingerprint density at radius 1 is 1.47 bits per heavy atom. The minimum atomic E-state index is 0.282. The number of nitrogens with one attached hydrogen (secondary N) is 2. The Morgan fingerprint density at radius 2 is 2.35 bits per heavy atom. The van der Waals surface area contributed by atoms with Crippen LogP contribution >= 0.6 is 0 Å². The minimum Gasteiger partial charge on any atom is -0.347 e. The Labute approximate surface area is 101 Å². The van der Waals surface area contributed by atoms with Crippen molar-refractivity contribution in [2.45, 2.75) is 25.8 Å². The molecule has 0 aliphatic carbocycles. The standard InChI is InChI=1S/C12H19N5/c1-3-13-11(12-14-8-9-15-12)5-4-10-6-7-16-17(10)2/h6-9,11,13H,3-5H2,1-2H3,(H,14,15). The minimum absolute atomic E-state index is 0.282. The van der Waals surface area contributed by atoms with Gasteiger partial charge in [0.05, 0.1) is 6.04 Å². The van der Waals surface area contributed by atoms with Crippen LogP contribution in [0.1, 0.15) is 30.9 Å². The summed E-state index contributed by atoms with van der Waals surface area (Å²) in [6, 6.07) is 2.34. The van der Waals surface area contributed by atoms with E-state index in [0.717, 1.165) is 25.2 Å². The Morgan fingerprint density at radius 3 is 2.94 bits per heavy atom. The fourth-order valence-corrected chi connectivity index (χ4v) is 1.99. The summed E-state index contributed by atoms with van der Waals surface area (Å²) in [6.07, 6.45) is 7.51. The number of hydrogen-bond donors (Lipinski definition) is 2. The van der Waals surface area contributed by atoms with Crippen LogP contribution < -0.4 is 5.32 Å². The summed E-state index contributed by atoms with van der Waals surface area (Å²) in [5, 5.41) is 7.62. The monoisotopic (exact) mass is 233 g/mol. The van der Waals surface area contributed by atoms with Gasteiger partial charge in [0.15, 0.2) is 0 Å². The number of H-pyrrole nitrogens is 1. The Bertz CT molecular complexity index is 431. The van der Waals surface area contributed by atoms with Gasteiger partial charge in [-0.25, -0.2) is 4.98 Å². The van der Waals surface area contributed by atoms with Gasteiger partial charge in [0.2, 0.25) is 0 Å². The fraction of sp³-hybridized carbons (Fsp3) is 0.500. The van der Waals surface area contributed by atoms with Crippen molar-refractivity contribution in [1.29, 1.82) is 0 Å². The van der Waals surface area contributed by atoms with E-state index in [9.17, 15) is 0 Å². The molecule has 0 aliphatic heterocycles. The molecule has 2 N–H and O–H groups in total. The molecule has 1 unspecified atom stereocenters. The predicted octanol–water partition coefficient (Wildman–Crippen LogP) is 1.43. The lowest BCUT2D eigenvalue weighted by atomic mass is 10.1. The van der Waals surface area contributed by atoms with Crippen LogP contribution in [0, 0.1) is 0 Å². The molecule has 0 fully saturated rings. The zero-order valence-corrected chi connectivity index (χ0v) is 10.3. The van der Waals surface area contributed by atoms with E-state index in [1.807, 2.05) is 24.1 Å². The fourth-order valence-electron chi connectivity index (χ4n) is 1.99. The summed E-state index contributed by atoms with van der Waals surface area (Å²) in [5.74, 6) is 1.01. The van der Waals surface area contributed by atoms with Crippen molar-refractivity contribution in [1.82, 2.24) is 25.1 Å². The van der Waals surface area contributed by atoms with Gasteiger partial charge >= 0.3 is 0 Å². The van der Waals surface area contributed by atoms with Gasteiger partial charge in [-0.2, -0.15) is 5.10 Å². The second-order valence-corrected chi connectivity index (χ2v) is 4.07. The summed E-state index contributed by atoms with van der Waals surface area (Å²) in [4.78, 5) is 7.49. The van der Waals surface area contributed by atoms with Crippen molar-refractivity contribution < 1.29 is 0 Å². The van der Waals surface area contributed by atoms with Crippen LogP contribution in [0.15, 0.2) is 24.7 Å². The highest BCUT2D eigenvalue weighted by Gasteiger charge is 2.13. The highest BCUT2D eigenvalue weighted by molar-refractivity contribution is 5.03. The van der Waals surface area contributed by atoms with E-state index in [0.29, 0.717) is 0 Å². The third kappa shape index (κ3) is 2.94. The van der Waals surface area contributed by atoms with Gasteiger partial charge in [0.1, 0.15) is 5.82 Å². The van der Waals surface area contributed by atoms with E-state index in [4.69, 9.17) is 0 Å². The molecule has 2 rings (SSSR count). The van der Waals surface area contributed by atoms with Crippen molar-refractivity contribution in [3.63, 3.8) is 0 Å². The molecule has 0 aromatic carbocycles. The van der Waals surface area contributed by atoms with E-state index < -0.39 is 0 Å². The maximum atomic E-state index is 4.32. The molecule has 0 bridgehead atoms. The second-order valence-electron chi connectivity index (χ2n) is 4.07.